The Morgan fingerprint density at radius 3 is 2.56 bits per heavy atom. The van der Waals surface area contributed by atoms with E-state index in [2.05, 4.69) is 10.0 Å². The van der Waals surface area contributed by atoms with E-state index in [1.54, 1.807) is 31.2 Å². The third-order valence-electron chi connectivity index (χ3n) is 2.23. The van der Waals surface area contributed by atoms with E-state index in [0.29, 0.717) is 10.6 Å². The first-order valence-corrected chi connectivity index (χ1v) is 7.49. The van der Waals surface area contributed by atoms with Crippen molar-refractivity contribution in [3.63, 3.8) is 0 Å². The van der Waals surface area contributed by atoms with Gasteiger partial charge in [0.25, 0.3) is 5.91 Å². The van der Waals surface area contributed by atoms with E-state index >= 15 is 0 Å². The largest absolute Gasteiger partial charge is 0.351 e. The maximum atomic E-state index is 11.7. The zero-order chi connectivity index (χ0) is 13.6. The van der Waals surface area contributed by atoms with Crippen LogP contribution in [0, 0.1) is 0 Å². The van der Waals surface area contributed by atoms with Gasteiger partial charge in [0.15, 0.2) is 0 Å². The van der Waals surface area contributed by atoms with Gasteiger partial charge in [-0.15, -0.1) is 0 Å². The highest BCUT2D eigenvalue weighted by molar-refractivity contribution is 7.89. The molecule has 5 nitrogen and oxygen atoms in total. The van der Waals surface area contributed by atoms with Crippen molar-refractivity contribution in [3.8, 4) is 0 Å². The van der Waals surface area contributed by atoms with E-state index in [9.17, 15) is 13.2 Å². The van der Waals surface area contributed by atoms with Crippen LogP contribution in [0.3, 0.4) is 0 Å². The molecule has 0 aliphatic rings. The summed E-state index contributed by atoms with van der Waals surface area (Å²) in [6, 6.07) is 6.67. The predicted molar refractivity (Wildman–Crippen MR) is 71.2 cm³/mol. The van der Waals surface area contributed by atoms with E-state index in [0.717, 1.165) is 0 Å². The molecule has 1 aromatic rings. The topological polar surface area (TPSA) is 75.3 Å². The zero-order valence-corrected chi connectivity index (χ0v) is 11.5. The second-order valence-electron chi connectivity index (χ2n) is 3.53. The molecule has 0 unspecified atom stereocenters. The first kappa shape index (κ1) is 14.9. The Morgan fingerprint density at radius 2 is 1.94 bits per heavy atom. The minimum atomic E-state index is -3.22. The lowest BCUT2D eigenvalue weighted by Crippen LogP contribution is -2.35. The SMILES string of the molecule is CCS(=O)(=O)NCCNC(=O)c1ccccc1Cl. The molecule has 0 bridgehead atoms. The summed E-state index contributed by atoms with van der Waals surface area (Å²) >= 11 is 5.85. The summed E-state index contributed by atoms with van der Waals surface area (Å²) in [5.41, 5.74) is 0.373. The summed E-state index contributed by atoms with van der Waals surface area (Å²) in [5.74, 6) is -0.304. The van der Waals surface area contributed by atoms with Crippen LogP contribution in [-0.2, 0) is 10.0 Å². The molecule has 0 radical (unpaired) electrons. The standard InChI is InChI=1S/C11H15ClN2O3S/c1-2-18(16,17)14-8-7-13-11(15)9-5-3-4-6-10(9)12/h3-6,14H,2,7-8H2,1H3,(H,13,15). The van der Waals surface area contributed by atoms with E-state index in [4.69, 9.17) is 11.6 Å². The van der Waals surface area contributed by atoms with Crippen molar-refractivity contribution >= 4 is 27.5 Å². The van der Waals surface area contributed by atoms with Gasteiger partial charge < -0.3 is 5.32 Å². The maximum Gasteiger partial charge on any atom is 0.252 e. The summed E-state index contributed by atoms with van der Waals surface area (Å²) in [5, 5.41) is 2.95. The van der Waals surface area contributed by atoms with Gasteiger partial charge in [-0.2, -0.15) is 0 Å². The summed E-state index contributed by atoms with van der Waals surface area (Å²) in [6.07, 6.45) is 0. The molecule has 0 heterocycles. The van der Waals surface area contributed by atoms with Gasteiger partial charge in [-0.1, -0.05) is 23.7 Å². The molecule has 2 N–H and O–H groups in total. The van der Waals surface area contributed by atoms with Crippen LogP contribution >= 0.6 is 11.6 Å². The minimum absolute atomic E-state index is 0.0193. The van der Waals surface area contributed by atoms with Crippen LogP contribution in [0.15, 0.2) is 24.3 Å². The van der Waals surface area contributed by atoms with Gasteiger partial charge in [-0.3, -0.25) is 4.79 Å². The zero-order valence-electron chi connectivity index (χ0n) is 9.94. The number of nitrogens with one attached hydrogen (secondary N) is 2. The van der Waals surface area contributed by atoms with Crippen molar-refractivity contribution in [2.75, 3.05) is 18.8 Å². The molecule has 0 saturated carbocycles. The normalized spacial score (nSPS) is 11.2. The van der Waals surface area contributed by atoms with Crippen molar-refractivity contribution in [3.05, 3.63) is 34.9 Å². The Morgan fingerprint density at radius 1 is 1.28 bits per heavy atom. The first-order valence-electron chi connectivity index (χ1n) is 5.46. The molecule has 0 atom stereocenters. The minimum Gasteiger partial charge on any atom is -0.351 e. The monoisotopic (exact) mass is 290 g/mol. The van der Waals surface area contributed by atoms with Gasteiger partial charge >= 0.3 is 0 Å². The van der Waals surface area contributed by atoms with Crippen LogP contribution in [0.25, 0.3) is 0 Å². The smallest absolute Gasteiger partial charge is 0.252 e. The fourth-order valence-corrected chi connectivity index (χ4v) is 2.06. The highest BCUT2D eigenvalue weighted by Gasteiger charge is 2.09. The van der Waals surface area contributed by atoms with Crippen LogP contribution in [-0.4, -0.2) is 33.2 Å². The molecule has 7 heteroatoms. The molecule has 0 saturated heterocycles. The van der Waals surface area contributed by atoms with Gasteiger partial charge in [-0.25, -0.2) is 13.1 Å². The fraction of sp³-hybridized carbons (Fsp3) is 0.364. The second-order valence-corrected chi connectivity index (χ2v) is 6.04. The van der Waals surface area contributed by atoms with Crippen LogP contribution in [0.2, 0.25) is 5.02 Å². The lowest BCUT2D eigenvalue weighted by Gasteiger charge is -2.07. The van der Waals surface area contributed by atoms with E-state index < -0.39 is 10.0 Å². The molecular weight excluding hydrogens is 276 g/mol. The molecule has 18 heavy (non-hydrogen) atoms. The molecule has 0 aromatic heterocycles. The number of halogens is 1. The quantitative estimate of drug-likeness (QED) is 0.768. The molecule has 1 amide bonds. The number of hydrogen-bond donors (Lipinski definition) is 2. The third-order valence-corrected chi connectivity index (χ3v) is 3.96. The lowest BCUT2D eigenvalue weighted by molar-refractivity contribution is 0.0954. The Hall–Kier alpha value is -1.11. The number of rotatable bonds is 6. The number of amides is 1. The van der Waals surface area contributed by atoms with Gasteiger partial charge in [0.1, 0.15) is 0 Å². The maximum absolute atomic E-state index is 11.7. The molecule has 100 valence electrons. The van der Waals surface area contributed by atoms with Crippen molar-refractivity contribution < 1.29 is 13.2 Å². The summed E-state index contributed by atoms with van der Waals surface area (Å²) in [6.45, 7) is 1.92. The predicted octanol–water partition coefficient (Wildman–Crippen LogP) is 1.01. The van der Waals surface area contributed by atoms with E-state index in [1.165, 1.54) is 0 Å². The fourth-order valence-electron chi connectivity index (χ4n) is 1.23. The number of carbonyl (C=O) groups excluding carboxylic acids is 1. The molecular formula is C11H15ClN2O3S. The highest BCUT2D eigenvalue weighted by atomic mass is 35.5. The van der Waals surface area contributed by atoms with Crippen molar-refractivity contribution in [1.82, 2.24) is 10.0 Å². The van der Waals surface area contributed by atoms with Crippen LogP contribution in [0.1, 0.15) is 17.3 Å². The molecule has 0 fully saturated rings. The van der Waals surface area contributed by atoms with E-state index in [1.807, 2.05) is 0 Å². The average Bonchev–Trinajstić information content (AvgIpc) is 2.35. The summed E-state index contributed by atoms with van der Waals surface area (Å²) in [7, 11) is -3.22. The number of sulfonamides is 1. The molecule has 0 aliphatic heterocycles. The molecule has 1 aromatic carbocycles. The van der Waals surface area contributed by atoms with Crippen LogP contribution < -0.4 is 10.0 Å². The van der Waals surface area contributed by atoms with Crippen molar-refractivity contribution in [2.24, 2.45) is 0 Å². The number of hydrogen-bond acceptors (Lipinski definition) is 3. The number of carbonyl (C=O) groups is 1. The summed E-state index contributed by atoms with van der Waals surface area (Å²) < 4.78 is 24.6. The first-order chi connectivity index (χ1) is 8.46. The number of benzene rings is 1. The Labute approximate surface area is 112 Å². The van der Waals surface area contributed by atoms with Gasteiger partial charge in [0, 0.05) is 13.1 Å². The van der Waals surface area contributed by atoms with Crippen LogP contribution in [0.4, 0.5) is 0 Å². The molecule has 0 spiro atoms. The third kappa shape index (κ3) is 4.64. The Bertz CT molecular complexity index is 517. The van der Waals surface area contributed by atoms with Gasteiger partial charge in [0.05, 0.1) is 16.3 Å². The van der Waals surface area contributed by atoms with Crippen molar-refractivity contribution in [2.45, 2.75) is 6.92 Å². The Kier molecular flexibility index (Phi) is 5.58. The Balaban J connectivity index is 2.42. The highest BCUT2D eigenvalue weighted by Crippen LogP contribution is 2.14. The molecule has 0 aliphatic carbocycles. The van der Waals surface area contributed by atoms with Gasteiger partial charge in [0.2, 0.25) is 10.0 Å². The second kappa shape index (κ2) is 6.72. The van der Waals surface area contributed by atoms with Crippen LogP contribution in [0.5, 0.6) is 0 Å². The van der Waals surface area contributed by atoms with Crippen molar-refractivity contribution in [1.29, 1.82) is 0 Å². The van der Waals surface area contributed by atoms with Gasteiger partial charge in [-0.05, 0) is 19.1 Å². The average molecular weight is 291 g/mol. The lowest BCUT2D eigenvalue weighted by atomic mass is 10.2. The molecule has 1 rings (SSSR count). The summed E-state index contributed by atoms with van der Waals surface area (Å²) in [4.78, 5) is 11.7. The van der Waals surface area contributed by atoms with E-state index in [-0.39, 0.29) is 24.7 Å².